The number of rotatable bonds is 41. The summed E-state index contributed by atoms with van der Waals surface area (Å²) in [6.45, 7) is 17.0. The Morgan fingerprint density at radius 1 is 0.333 bits per heavy atom. The number of carbonyl (C=O) groups is 3. The number of unbranched alkanes of at least 4 members (excludes halogenated alkanes) is 21. The fourth-order valence-corrected chi connectivity index (χ4v) is 13.2. The van der Waals surface area contributed by atoms with Crippen molar-refractivity contribution in [3.63, 3.8) is 0 Å². The predicted molar refractivity (Wildman–Crippen MR) is 322 cm³/mol. The maximum atomic E-state index is 10.2. The quantitative estimate of drug-likeness (QED) is 0.0324. The van der Waals surface area contributed by atoms with Crippen LogP contribution in [0.3, 0.4) is 0 Å². The first-order valence-corrected chi connectivity index (χ1v) is 32.9. The summed E-state index contributed by atoms with van der Waals surface area (Å²) in [6, 6.07) is 0. The molecular weight excluding hydrogens is 931 g/mol. The van der Waals surface area contributed by atoms with Crippen LogP contribution in [0.1, 0.15) is 324 Å². The van der Waals surface area contributed by atoms with Crippen LogP contribution >= 0.6 is 0 Å². The normalized spacial score (nSPS) is 20.8. The number of hydrogen-bond acceptors (Lipinski definition) is 6. The van der Waals surface area contributed by atoms with Crippen molar-refractivity contribution >= 4 is 17.9 Å². The van der Waals surface area contributed by atoms with E-state index in [9.17, 15) is 14.4 Å². The van der Waals surface area contributed by atoms with Gasteiger partial charge < -0.3 is 32.5 Å². The Labute approximate surface area is 465 Å². The van der Waals surface area contributed by atoms with Crippen LogP contribution in [0.4, 0.5) is 0 Å². The van der Waals surface area contributed by atoms with Gasteiger partial charge in [0, 0.05) is 0 Å². The van der Waals surface area contributed by atoms with E-state index in [1.54, 1.807) is 0 Å². The van der Waals surface area contributed by atoms with Gasteiger partial charge in [0.15, 0.2) is 0 Å². The van der Waals surface area contributed by atoms with Gasteiger partial charge in [0.05, 0.1) is 18.8 Å². The van der Waals surface area contributed by atoms with E-state index in [0.29, 0.717) is 0 Å². The van der Waals surface area contributed by atoms with Gasteiger partial charge in [-0.2, -0.15) is 0 Å². The highest BCUT2D eigenvalue weighted by atomic mass is 16.4. The van der Waals surface area contributed by atoms with Crippen LogP contribution in [0.25, 0.3) is 0 Å². The van der Waals surface area contributed by atoms with Crippen molar-refractivity contribution in [1.82, 2.24) is 0 Å². The van der Waals surface area contributed by atoms with Crippen molar-refractivity contribution in [2.45, 2.75) is 324 Å². The average Bonchev–Trinajstić information content (AvgIpc) is 3.36. The molecule has 0 saturated heterocycles. The molecule has 6 unspecified atom stereocenters. The SMILES string of the molecule is CC(C)CC1CCCCC1CCCCCCCCCCN.CC(C)CC1CCCCC1CCCCCCCCCCN.CC(C)CC1CCCCC1CCCCCCCCCCN.O=C(O)CC(CC(=O)O)C(=O)O. The van der Waals surface area contributed by atoms with Crippen molar-refractivity contribution in [3.05, 3.63) is 0 Å². The lowest BCUT2D eigenvalue weighted by Gasteiger charge is -2.33. The summed E-state index contributed by atoms with van der Waals surface area (Å²) in [5.41, 5.74) is 16.6. The van der Waals surface area contributed by atoms with Crippen LogP contribution < -0.4 is 17.2 Å². The summed E-state index contributed by atoms with van der Waals surface area (Å²) in [5.74, 6) is 3.63. The Morgan fingerprint density at radius 3 is 0.720 bits per heavy atom. The molecule has 75 heavy (non-hydrogen) atoms. The molecule has 0 aromatic carbocycles. The molecule has 0 aromatic rings. The molecule has 9 heteroatoms. The van der Waals surface area contributed by atoms with Crippen molar-refractivity contribution in [2.24, 2.45) is 76.4 Å². The second kappa shape index (κ2) is 51.7. The minimum Gasteiger partial charge on any atom is -0.481 e. The Hall–Kier alpha value is -1.71. The molecule has 9 N–H and O–H groups in total. The van der Waals surface area contributed by atoms with E-state index in [4.69, 9.17) is 32.5 Å². The summed E-state index contributed by atoms with van der Waals surface area (Å²) in [5, 5.41) is 24.7. The summed E-state index contributed by atoms with van der Waals surface area (Å²) < 4.78 is 0. The third kappa shape index (κ3) is 45.8. The van der Waals surface area contributed by atoms with E-state index in [-0.39, 0.29) is 0 Å². The second-order valence-electron chi connectivity index (χ2n) is 25.8. The molecule has 0 spiro atoms. The molecule has 0 amide bonds. The zero-order valence-corrected chi connectivity index (χ0v) is 50.8. The van der Waals surface area contributed by atoms with Gasteiger partial charge in [-0.15, -0.1) is 0 Å². The topological polar surface area (TPSA) is 190 Å². The summed E-state index contributed by atoms with van der Waals surface area (Å²) >= 11 is 0. The summed E-state index contributed by atoms with van der Waals surface area (Å²) in [7, 11) is 0. The third-order valence-electron chi connectivity index (χ3n) is 17.3. The fourth-order valence-electron chi connectivity index (χ4n) is 13.2. The molecule has 3 fully saturated rings. The highest BCUT2D eigenvalue weighted by Crippen LogP contribution is 2.40. The maximum absolute atomic E-state index is 10.2. The van der Waals surface area contributed by atoms with Crippen molar-refractivity contribution in [2.75, 3.05) is 19.6 Å². The van der Waals surface area contributed by atoms with Gasteiger partial charge >= 0.3 is 17.9 Å². The Balaban J connectivity index is 0.000000993. The second-order valence-corrected chi connectivity index (χ2v) is 25.8. The molecule has 3 rings (SSSR count). The lowest BCUT2D eigenvalue weighted by atomic mass is 9.73. The first-order chi connectivity index (χ1) is 36.1. The van der Waals surface area contributed by atoms with Gasteiger partial charge in [-0.1, -0.05) is 273 Å². The van der Waals surface area contributed by atoms with Crippen molar-refractivity contribution in [3.8, 4) is 0 Å². The molecule has 6 atom stereocenters. The molecular formula is C66H131N3O6. The molecule has 0 bridgehead atoms. The lowest BCUT2D eigenvalue weighted by Crippen LogP contribution is -2.21. The molecule has 446 valence electrons. The average molecular weight is 1060 g/mol. The van der Waals surface area contributed by atoms with Gasteiger partial charge in [0.1, 0.15) is 0 Å². The Kier molecular flexibility index (Phi) is 50.5. The smallest absolute Gasteiger partial charge is 0.307 e. The van der Waals surface area contributed by atoms with Gasteiger partial charge in [0.25, 0.3) is 0 Å². The van der Waals surface area contributed by atoms with Gasteiger partial charge in [-0.3, -0.25) is 14.4 Å². The number of aliphatic carboxylic acids is 3. The number of hydrogen-bond donors (Lipinski definition) is 6. The standard InChI is InChI=1S/3C20H41N.C6H8O6/c3*1-18(2)17-20-15-11-10-14-19(20)13-9-7-5-3-4-6-8-12-16-21;7-4(8)1-3(6(11)12)2-5(9)10/h3*18-20H,3-17,21H2,1-2H3;3H,1-2H2,(H,7,8)(H,9,10)(H,11,12). The van der Waals surface area contributed by atoms with Gasteiger partial charge in [0.2, 0.25) is 0 Å². The van der Waals surface area contributed by atoms with Crippen molar-refractivity contribution in [1.29, 1.82) is 0 Å². The molecule has 9 nitrogen and oxygen atoms in total. The van der Waals surface area contributed by atoms with Gasteiger partial charge in [-0.25, -0.2) is 0 Å². The predicted octanol–water partition coefficient (Wildman–Crippen LogP) is 18.6. The largest absolute Gasteiger partial charge is 0.481 e. The lowest BCUT2D eigenvalue weighted by molar-refractivity contribution is -0.152. The minimum absolute atomic E-state index is 0.665. The Morgan fingerprint density at radius 2 is 0.533 bits per heavy atom. The molecule has 0 heterocycles. The molecule has 3 saturated carbocycles. The first kappa shape index (κ1) is 73.3. The highest BCUT2D eigenvalue weighted by molar-refractivity contribution is 5.82. The van der Waals surface area contributed by atoms with E-state index < -0.39 is 36.7 Å². The zero-order valence-electron chi connectivity index (χ0n) is 50.8. The Bertz CT molecular complexity index is 1150. The molecule has 0 radical (unpaired) electrons. The molecule has 0 aromatic heterocycles. The molecule has 3 aliphatic carbocycles. The van der Waals surface area contributed by atoms with Crippen LogP contribution in [0.15, 0.2) is 0 Å². The number of carboxylic acids is 3. The van der Waals surface area contributed by atoms with Crippen LogP contribution in [0.5, 0.6) is 0 Å². The monoisotopic (exact) mass is 1060 g/mol. The van der Waals surface area contributed by atoms with Crippen LogP contribution in [-0.4, -0.2) is 52.9 Å². The minimum atomic E-state index is -1.40. The summed E-state index contributed by atoms with van der Waals surface area (Å²) in [6.07, 6.45) is 59.6. The van der Waals surface area contributed by atoms with E-state index in [1.807, 2.05) is 0 Å². The van der Waals surface area contributed by atoms with E-state index in [2.05, 4.69) is 41.5 Å². The van der Waals surface area contributed by atoms with E-state index >= 15 is 0 Å². The van der Waals surface area contributed by atoms with Crippen LogP contribution in [0, 0.1) is 59.2 Å². The highest BCUT2D eigenvalue weighted by Gasteiger charge is 2.28. The van der Waals surface area contributed by atoms with Crippen molar-refractivity contribution < 1.29 is 29.7 Å². The number of nitrogens with two attached hydrogens (primary N) is 3. The van der Waals surface area contributed by atoms with Crippen LogP contribution in [0.2, 0.25) is 0 Å². The first-order valence-electron chi connectivity index (χ1n) is 32.9. The molecule has 0 aliphatic heterocycles. The van der Waals surface area contributed by atoms with Gasteiger partial charge in [-0.05, 0) is 111 Å². The van der Waals surface area contributed by atoms with E-state index in [1.165, 1.54) is 270 Å². The maximum Gasteiger partial charge on any atom is 0.307 e. The molecule has 3 aliphatic rings. The zero-order chi connectivity index (χ0) is 55.7. The van der Waals surface area contributed by atoms with Crippen LogP contribution in [-0.2, 0) is 14.4 Å². The number of carboxylic acid groups (broad SMARTS) is 3. The third-order valence-corrected chi connectivity index (χ3v) is 17.3. The van der Waals surface area contributed by atoms with E-state index in [0.717, 1.165) is 72.9 Å². The fraction of sp³-hybridized carbons (Fsp3) is 0.955. The summed E-state index contributed by atoms with van der Waals surface area (Å²) in [4.78, 5) is 30.3.